The number of aliphatic hydroxyl groups excluding tert-OH is 2. The van der Waals surface area contributed by atoms with E-state index >= 15 is 14.4 Å². The van der Waals surface area contributed by atoms with Gasteiger partial charge < -0.3 is 125 Å². The van der Waals surface area contributed by atoms with Crippen molar-refractivity contribution in [3.05, 3.63) is 102 Å². The Kier molecular flexibility index (Phi) is 28.2. The Morgan fingerprint density at radius 1 is 0.639 bits per heavy atom. The largest absolute Gasteiger partial charge is 0.508 e. The fourth-order valence-electron chi connectivity index (χ4n) is 11.3. The fourth-order valence-corrected chi connectivity index (χ4v) is 11.3. The summed E-state index contributed by atoms with van der Waals surface area (Å²) in [4.78, 5) is 241. The number of aromatic hydroxyl groups is 2. The third-order valence-electron chi connectivity index (χ3n) is 16.9. The van der Waals surface area contributed by atoms with Gasteiger partial charge in [0.2, 0.25) is 65.0 Å². The van der Waals surface area contributed by atoms with Crippen molar-refractivity contribution in [3.63, 3.8) is 0 Å². The smallest absolute Gasteiger partial charge is 0.355 e. The summed E-state index contributed by atoms with van der Waals surface area (Å²) in [6.45, 7) is 1.31. The summed E-state index contributed by atoms with van der Waals surface area (Å²) in [5, 5.41) is 106. The average Bonchev–Trinajstić information content (AvgIpc) is 1.61. The summed E-state index contributed by atoms with van der Waals surface area (Å²) in [7, 11) is 0. The molecule has 41 nitrogen and oxygen atoms in total. The monoisotopic (exact) mass is 1510 g/mol. The number of esters is 1. The number of carbonyl (C=O) groups is 17. The number of aromatic nitrogens is 2. The number of carboxylic acid groups (broad SMARTS) is 4. The van der Waals surface area contributed by atoms with Gasteiger partial charge in [0.1, 0.15) is 77.7 Å². The number of benzene rings is 3. The number of cyclic esters (lactones) is 1. The number of ether oxygens (including phenoxy) is 2. The molecule has 0 saturated carbocycles. The van der Waals surface area contributed by atoms with Crippen molar-refractivity contribution in [2.24, 2.45) is 11.7 Å². The van der Waals surface area contributed by atoms with Crippen LogP contribution in [0.1, 0.15) is 82.0 Å². The first kappa shape index (κ1) is 82.2. The number of nitrogens with two attached hydrogens (primary N) is 1. The van der Waals surface area contributed by atoms with Crippen LogP contribution in [0.3, 0.4) is 0 Å². The zero-order valence-electron chi connectivity index (χ0n) is 57.4. The number of carbonyl (C=O) groups excluding carboxylic acids is 13. The Morgan fingerprint density at radius 2 is 1.21 bits per heavy atom. The standard InChI is InChI=1S/C67H78N14O27/c1-4-7-44-55(108-44)66(105)77-43(26-82)61(100)80-51-28(3)107-67(106)42(18-30-23-69-36-9-6-5-8-34(30)36)76-62(101)50(27(2)16-46(86)87)79-65(104)53(54(94)56(68)95)78-45(85)25-71-57(96)39(20-47(88)89)75-64(103)52(29-10-12-32(83)13-11-29)81-60(99)41(22-49(92)93)73-59(98)40(21-48(90)91)72-58(97)38(74-63(51)102)17-31-24-70-37-15-14-33(84)19-35(31)37/h5-6,8-15,18-19,23-24,27-28,38-41,43-44,50-55,69-70,82-84,94H,4,7,16-17,20-22,25-26H2,1-3H3,(H2,68,95)(H,71,96)(H,72,97)(H,73,98)(H,74,102)(H,75,103)(H,76,101)(H,77,105)(H,78,85)(H,79,104)(H,80,100)(H,81,99)(H,86,87)(H,88,89)(H,90,91)(H,92,93)/b42-18-/t27-,28-,38-,39+,40+,41+,43+,44-,50+,51+,52-,53+,54+,55+/m1/s1. The minimum Gasteiger partial charge on any atom is -0.508 e. The van der Waals surface area contributed by atoms with Crippen molar-refractivity contribution in [2.75, 3.05) is 13.2 Å². The predicted octanol–water partition coefficient (Wildman–Crippen LogP) is -5.50. The van der Waals surface area contributed by atoms with Crippen molar-refractivity contribution in [2.45, 2.75) is 145 Å². The first-order valence-corrected chi connectivity index (χ1v) is 33.0. The van der Waals surface area contributed by atoms with Gasteiger partial charge in [0.05, 0.1) is 44.9 Å². The highest BCUT2D eigenvalue weighted by atomic mass is 16.6. The van der Waals surface area contributed by atoms with E-state index in [1.165, 1.54) is 36.7 Å². The second kappa shape index (κ2) is 37.1. The van der Waals surface area contributed by atoms with Crippen LogP contribution in [0.5, 0.6) is 11.5 Å². The van der Waals surface area contributed by atoms with Gasteiger partial charge in [0, 0.05) is 46.2 Å². The van der Waals surface area contributed by atoms with Crippen LogP contribution in [0.25, 0.3) is 27.9 Å². The van der Waals surface area contributed by atoms with Crippen molar-refractivity contribution in [1.82, 2.24) is 68.5 Å². The molecule has 0 bridgehead atoms. The summed E-state index contributed by atoms with van der Waals surface area (Å²) in [5.41, 5.74) is 4.96. The van der Waals surface area contributed by atoms with Crippen LogP contribution in [-0.4, -0.2) is 237 Å². The van der Waals surface area contributed by atoms with Crippen molar-refractivity contribution < 1.29 is 132 Å². The van der Waals surface area contributed by atoms with Crippen LogP contribution in [0.2, 0.25) is 0 Å². The number of amides is 12. The van der Waals surface area contributed by atoms with Gasteiger partial charge in [-0.25, -0.2) is 4.79 Å². The number of carboxylic acids is 4. The number of nitrogens with one attached hydrogen (secondary N) is 13. The van der Waals surface area contributed by atoms with Crippen LogP contribution in [0.4, 0.5) is 0 Å². The molecule has 0 unspecified atom stereocenters. The number of fused-ring (bicyclic) bond motifs is 2. The summed E-state index contributed by atoms with van der Waals surface area (Å²) in [6.07, 6.45) is -7.88. The summed E-state index contributed by atoms with van der Waals surface area (Å²) >= 11 is 0. The summed E-state index contributed by atoms with van der Waals surface area (Å²) in [5.74, 6) is -29.3. The number of phenolic OH excluding ortho intramolecular Hbond substituents is 2. The molecule has 41 heteroatoms. The van der Waals surface area contributed by atoms with Gasteiger partial charge in [-0.15, -0.1) is 0 Å². The molecular weight excluding hydrogens is 1430 g/mol. The molecular formula is C67H78N14O27. The number of para-hydroxylation sites is 1. The highest BCUT2D eigenvalue weighted by Crippen LogP contribution is 2.28. The van der Waals surface area contributed by atoms with Gasteiger partial charge >= 0.3 is 29.8 Å². The number of phenols is 2. The first-order valence-electron chi connectivity index (χ1n) is 33.0. The number of aromatic amines is 2. The summed E-state index contributed by atoms with van der Waals surface area (Å²) in [6, 6.07) is -6.38. The zero-order chi connectivity index (χ0) is 79.5. The maximum absolute atomic E-state index is 15.3. The number of hydrogen-bond acceptors (Lipinski definition) is 23. The van der Waals surface area contributed by atoms with Crippen LogP contribution >= 0.6 is 0 Å². The van der Waals surface area contributed by atoms with E-state index in [0.29, 0.717) is 29.3 Å². The van der Waals surface area contributed by atoms with E-state index in [2.05, 4.69) is 47.2 Å². The van der Waals surface area contributed by atoms with Gasteiger partial charge in [0.15, 0.2) is 12.2 Å². The molecule has 4 heterocycles. The van der Waals surface area contributed by atoms with E-state index in [4.69, 9.17) is 15.2 Å². The Labute approximate surface area is 609 Å². The molecule has 0 spiro atoms. The molecule has 578 valence electrons. The maximum atomic E-state index is 15.3. The van der Waals surface area contributed by atoms with E-state index in [-0.39, 0.29) is 27.8 Å². The number of epoxide rings is 1. The van der Waals surface area contributed by atoms with E-state index in [9.17, 15) is 108 Å². The molecule has 0 radical (unpaired) electrons. The highest BCUT2D eigenvalue weighted by molar-refractivity contribution is 6.05. The SMILES string of the molecule is CCC[C@H]1O[C@@H]1C(=O)N[C@@H](CO)C(=O)N[C@@H]1C(=O)N[C@H](Cc2c[nH]c3ccc(O)cc23)C(=O)N[C@@H](CC(=O)O)C(=O)N[C@@H](CC(=O)O)C(=O)N[C@H](c2ccc(O)cc2)C(=O)N[C@@H](CC(=O)O)C(=O)NCC(=O)N[C@@H]([C@H](O)C(N)=O)C(=O)N[C@@H]([C@H](C)CC(=O)O)C(=O)N/C(=C\c2c[nH]c3ccccc23)C(=O)O[C@@H]1C. The second-order valence-electron chi connectivity index (χ2n) is 25.1. The molecule has 14 atom stereocenters. The Balaban J connectivity index is 1.40. The van der Waals surface area contributed by atoms with Crippen LogP contribution in [-0.2, 0) is 97.4 Å². The zero-order valence-corrected chi connectivity index (χ0v) is 57.4. The van der Waals surface area contributed by atoms with E-state index in [1.807, 2.05) is 21.3 Å². The number of hydrogen-bond donors (Lipinski definition) is 22. The molecule has 2 aromatic heterocycles. The Morgan fingerprint density at radius 3 is 1.82 bits per heavy atom. The lowest BCUT2D eigenvalue weighted by Crippen LogP contribution is -2.62. The highest BCUT2D eigenvalue weighted by Gasteiger charge is 2.46. The van der Waals surface area contributed by atoms with Crippen molar-refractivity contribution in [1.29, 1.82) is 0 Å². The van der Waals surface area contributed by atoms with E-state index < -0.39 is 242 Å². The third-order valence-corrected chi connectivity index (χ3v) is 16.9. The number of rotatable bonds is 22. The minimum atomic E-state index is -2.75. The lowest BCUT2D eigenvalue weighted by atomic mass is 9.96. The van der Waals surface area contributed by atoms with Crippen molar-refractivity contribution >= 4 is 129 Å². The Hall–Kier alpha value is -13.1. The topological polar surface area (TPSA) is 664 Å². The molecule has 7 rings (SSSR count). The van der Waals surface area contributed by atoms with Crippen LogP contribution in [0.15, 0.2) is 84.8 Å². The van der Waals surface area contributed by atoms with Gasteiger partial charge in [0.25, 0.3) is 5.91 Å². The number of H-pyrrole nitrogens is 2. The van der Waals surface area contributed by atoms with Crippen LogP contribution in [0, 0.1) is 5.92 Å². The number of aliphatic hydroxyl groups is 2. The normalized spacial score (nSPS) is 24.0. The molecule has 0 aliphatic carbocycles. The summed E-state index contributed by atoms with van der Waals surface area (Å²) < 4.78 is 11.2. The lowest BCUT2D eigenvalue weighted by molar-refractivity contribution is -0.150. The molecule has 5 aromatic rings. The first-order chi connectivity index (χ1) is 51.0. The number of primary amides is 1. The van der Waals surface area contributed by atoms with Gasteiger partial charge in [-0.2, -0.15) is 0 Å². The van der Waals surface area contributed by atoms with Gasteiger partial charge in [-0.1, -0.05) is 50.6 Å². The molecule has 108 heavy (non-hydrogen) atoms. The van der Waals surface area contributed by atoms with Gasteiger partial charge in [-0.05, 0) is 72.9 Å². The molecule has 2 saturated heterocycles. The predicted molar refractivity (Wildman–Crippen MR) is 365 cm³/mol. The Bertz CT molecular complexity index is 4350. The maximum Gasteiger partial charge on any atom is 0.355 e. The molecule has 23 N–H and O–H groups in total. The average molecular weight is 1510 g/mol. The molecule has 2 aliphatic heterocycles. The molecule has 12 amide bonds. The third kappa shape index (κ3) is 22.5. The van der Waals surface area contributed by atoms with Gasteiger partial charge in [-0.3, -0.25) is 76.7 Å². The van der Waals surface area contributed by atoms with Crippen LogP contribution < -0.4 is 64.2 Å². The minimum absolute atomic E-state index is 0.0692. The molecule has 2 aliphatic rings. The fraction of sp³-hybridized carbons (Fsp3) is 0.388. The lowest BCUT2D eigenvalue weighted by Gasteiger charge is -2.29. The van der Waals surface area contributed by atoms with Crippen molar-refractivity contribution in [3.8, 4) is 11.5 Å². The number of aliphatic carboxylic acids is 4. The van der Waals surface area contributed by atoms with E-state index in [0.717, 1.165) is 44.2 Å². The second-order valence-corrected chi connectivity index (χ2v) is 25.1. The quantitative estimate of drug-likeness (QED) is 0.0175. The molecule has 2 fully saturated rings. The molecule has 3 aromatic carbocycles. The van der Waals surface area contributed by atoms with E-state index in [1.54, 1.807) is 25.1 Å².